The minimum absolute atomic E-state index is 0.0178. The van der Waals surface area contributed by atoms with E-state index in [9.17, 15) is 13.9 Å². The zero-order valence-corrected chi connectivity index (χ0v) is 9.64. The van der Waals surface area contributed by atoms with Crippen molar-refractivity contribution in [3.63, 3.8) is 0 Å². The summed E-state index contributed by atoms with van der Waals surface area (Å²) in [5, 5.41) is 22.2. The molecule has 3 nitrogen and oxygen atoms in total. The Morgan fingerprint density at radius 1 is 1.41 bits per heavy atom. The zero-order valence-electron chi connectivity index (χ0n) is 8.88. The molecule has 0 amide bonds. The summed E-state index contributed by atoms with van der Waals surface area (Å²) in [7, 11) is 0. The van der Waals surface area contributed by atoms with Crippen molar-refractivity contribution in [3.05, 3.63) is 28.8 Å². The van der Waals surface area contributed by atoms with E-state index in [1.807, 2.05) is 0 Å². The zero-order chi connectivity index (χ0) is 12.7. The monoisotopic (exact) mass is 263 g/mol. The van der Waals surface area contributed by atoms with Crippen molar-refractivity contribution in [1.29, 1.82) is 0 Å². The molecule has 0 spiro atoms. The molecule has 1 aliphatic heterocycles. The van der Waals surface area contributed by atoms with Crippen molar-refractivity contribution in [2.24, 2.45) is 0 Å². The predicted octanol–water partition coefficient (Wildman–Crippen LogP) is 1.97. The Hall–Kier alpha value is -0.910. The maximum absolute atomic E-state index is 13.8. The van der Waals surface area contributed by atoms with Gasteiger partial charge in [0.25, 0.3) is 5.92 Å². The molecule has 6 heteroatoms. The quantitative estimate of drug-likeness (QED) is 0.726. The Bertz CT molecular complexity index is 441. The Balaban J connectivity index is 2.64. The summed E-state index contributed by atoms with van der Waals surface area (Å²) in [6, 6.07) is 4.30. The van der Waals surface area contributed by atoms with Gasteiger partial charge in [0.15, 0.2) is 5.60 Å². The Kier molecular flexibility index (Phi) is 3.01. The van der Waals surface area contributed by atoms with Gasteiger partial charge in [-0.2, -0.15) is 0 Å². The van der Waals surface area contributed by atoms with Gasteiger partial charge < -0.3 is 15.5 Å². The lowest BCUT2D eigenvalue weighted by molar-refractivity contribution is -0.205. The fraction of sp³-hybridized carbons (Fsp3) is 0.455. The molecule has 94 valence electrons. The first-order valence-electron chi connectivity index (χ1n) is 5.16. The molecule has 0 aromatic heterocycles. The molecular weight excluding hydrogens is 252 g/mol. The van der Waals surface area contributed by atoms with Gasteiger partial charge in [-0.25, -0.2) is 8.78 Å². The molecule has 1 aromatic rings. The van der Waals surface area contributed by atoms with Gasteiger partial charge in [-0.15, -0.1) is 0 Å². The minimum Gasteiger partial charge on any atom is -0.393 e. The van der Waals surface area contributed by atoms with Crippen LogP contribution >= 0.6 is 11.6 Å². The number of nitrogens with one attached hydrogen (secondary N) is 1. The van der Waals surface area contributed by atoms with E-state index in [2.05, 4.69) is 5.32 Å². The fourth-order valence-corrected chi connectivity index (χ4v) is 2.14. The second-order valence-electron chi connectivity index (χ2n) is 4.09. The summed E-state index contributed by atoms with van der Waals surface area (Å²) in [6.07, 6.45) is -0.559. The molecule has 0 bridgehead atoms. The van der Waals surface area contributed by atoms with Gasteiger partial charge in [-0.1, -0.05) is 11.6 Å². The van der Waals surface area contributed by atoms with Crippen molar-refractivity contribution >= 4 is 17.3 Å². The molecule has 0 fully saturated rings. The van der Waals surface area contributed by atoms with Gasteiger partial charge in [0, 0.05) is 29.2 Å². The minimum atomic E-state index is -3.41. The van der Waals surface area contributed by atoms with E-state index in [1.54, 1.807) is 0 Å². The molecule has 1 aromatic carbocycles. The third kappa shape index (κ3) is 1.88. The smallest absolute Gasteiger partial charge is 0.284 e. The van der Waals surface area contributed by atoms with Crippen LogP contribution in [0, 0.1) is 0 Å². The van der Waals surface area contributed by atoms with Crippen LogP contribution in [-0.4, -0.2) is 29.3 Å². The van der Waals surface area contributed by atoms with Crippen molar-refractivity contribution in [3.8, 4) is 0 Å². The van der Waals surface area contributed by atoms with Crippen LogP contribution in [0.2, 0.25) is 5.02 Å². The first-order valence-corrected chi connectivity index (χ1v) is 5.53. The van der Waals surface area contributed by atoms with Crippen molar-refractivity contribution in [2.75, 3.05) is 18.5 Å². The molecule has 0 saturated heterocycles. The summed E-state index contributed by atoms with van der Waals surface area (Å²) in [6.45, 7) is -1.04. The predicted molar refractivity (Wildman–Crippen MR) is 60.5 cm³/mol. The molecule has 0 unspecified atom stereocenters. The SMILES string of the molecule is OC[C@@]1(O)c2cc(Cl)ccc2NCCC1(F)F. The van der Waals surface area contributed by atoms with Crippen LogP contribution < -0.4 is 5.32 Å². The molecular formula is C11H12ClF2NO2. The molecule has 17 heavy (non-hydrogen) atoms. The van der Waals surface area contributed by atoms with Crippen molar-refractivity contribution in [1.82, 2.24) is 0 Å². The first kappa shape index (κ1) is 12.5. The first-order chi connectivity index (χ1) is 7.90. The number of rotatable bonds is 1. The highest BCUT2D eigenvalue weighted by Gasteiger charge is 2.55. The van der Waals surface area contributed by atoms with Gasteiger partial charge in [-0.3, -0.25) is 0 Å². The largest absolute Gasteiger partial charge is 0.393 e. The van der Waals surface area contributed by atoms with Gasteiger partial charge in [0.1, 0.15) is 0 Å². The van der Waals surface area contributed by atoms with Crippen LogP contribution in [0.1, 0.15) is 12.0 Å². The van der Waals surface area contributed by atoms with E-state index >= 15 is 0 Å². The maximum Gasteiger partial charge on any atom is 0.284 e. The summed E-state index contributed by atoms with van der Waals surface area (Å²) in [5.41, 5.74) is -2.31. The average molecular weight is 264 g/mol. The van der Waals surface area contributed by atoms with Crippen LogP contribution in [0.25, 0.3) is 0 Å². The Morgan fingerprint density at radius 3 is 2.76 bits per heavy atom. The molecule has 3 N–H and O–H groups in total. The van der Waals surface area contributed by atoms with E-state index in [-0.39, 0.29) is 17.1 Å². The normalized spacial score (nSPS) is 26.9. The average Bonchev–Trinajstić information content (AvgIpc) is 2.37. The highest BCUT2D eigenvalue weighted by atomic mass is 35.5. The third-order valence-electron chi connectivity index (χ3n) is 3.02. The van der Waals surface area contributed by atoms with E-state index in [0.717, 1.165) is 0 Å². The van der Waals surface area contributed by atoms with E-state index in [1.165, 1.54) is 18.2 Å². The number of anilines is 1. The molecule has 1 atom stereocenters. The molecule has 0 aliphatic carbocycles. The number of benzene rings is 1. The third-order valence-corrected chi connectivity index (χ3v) is 3.25. The van der Waals surface area contributed by atoms with E-state index < -0.39 is 24.6 Å². The van der Waals surface area contributed by atoms with Gasteiger partial charge >= 0.3 is 0 Å². The van der Waals surface area contributed by atoms with Gasteiger partial charge in [0.05, 0.1) is 6.61 Å². The number of hydrogen-bond acceptors (Lipinski definition) is 3. The number of hydrogen-bond donors (Lipinski definition) is 3. The molecule has 0 radical (unpaired) electrons. The van der Waals surface area contributed by atoms with Crippen LogP contribution in [0.4, 0.5) is 14.5 Å². The molecule has 1 aliphatic rings. The lowest BCUT2D eigenvalue weighted by Crippen LogP contribution is -2.48. The summed E-state index contributed by atoms with van der Waals surface area (Å²) < 4.78 is 27.7. The summed E-state index contributed by atoms with van der Waals surface area (Å²) in [5.74, 6) is -3.41. The maximum atomic E-state index is 13.8. The van der Waals surface area contributed by atoms with Crippen molar-refractivity contribution in [2.45, 2.75) is 17.9 Å². The van der Waals surface area contributed by atoms with E-state index in [0.29, 0.717) is 5.69 Å². The lowest BCUT2D eigenvalue weighted by atomic mass is 9.86. The van der Waals surface area contributed by atoms with Crippen LogP contribution in [0.3, 0.4) is 0 Å². The highest BCUT2D eigenvalue weighted by molar-refractivity contribution is 6.30. The van der Waals surface area contributed by atoms with Gasteiger partial charge in [0.2, 0.25) is 0 Å². The highest BCUT2D eigenvalue weighted by Crippen LogP contribution is 2.45. The molecule has 0 saturated carbocycles. The topological polar surface area (TPSA) is 52.5 Å². The van der Waals surface area contributed by atoms with Gasteiger partial charge in [-0.05, 0) is 18.2 Å². The van der Waals surface area contributed by atoms with E-state index in [4.69, 9.17) is 16.7 Å². The van der Waals surface area contributed by atoms with Crippen LogP contribution in [0.15, 0.2) is 18.2 Å². The molecule has 1 heterocycles. The standard InChI is InChI=1S/C11H12ClF2NO2/c12-7-1-2-9-8(5-7)10(17,6-16)11(13,14)3-4-15-9/h1-2,5,15-17H,3-4,6H2/t10-/m1/s1. The van der Waals surface area contributed by atoms with Crippen LogP contribution in [-0.2, 0) is 5.60 Å². The van der Waals surface area contributed by atoms with Crippen molar-refractivity contribution < 1.29 is 19.0 Å². The number of aliphatic hydroxyl groups is 2. The summed E-state index contributed by atoms with van der Waals surface area (Å²) in [4.78, 5) is 0. The lowest BCUT2D eigenvalue weighted by Gasteiger charge is -2.33. The number of fused-ring (bicyclic) bond motifs is 1. The number of halogens is 3. The second-order valence-corrected chi connectivity index (χ2v) is 4.53. The number of alkyl halides is 2. The Morgan fingerprint density at radius 2 is 2.12 bits per heavy atom. The molecule has 2 rings (SSSR count). The number of aliphatic hydroxyl groups excluding tert-OH is 1. The van der Waals surface area contributed by atoms with Crippen LogP contribution in [0.5, 0.6) is 0 Å². The Labute approximate surface area is 102 Å². The fourth-order valence-electron chi connectivity index (χ4n) is 1.97. The summed E-state index contributed by atoms with van der Waals surface area (Å²) >= 11 is 5.74. The second kappa shape index (κ2) is 4.08.